The first kappa shape index (κ1) is 21.1. The van der Waals surface area contributed by atoms with E-state index in [4.69, 9.17) is 5.73 Å². The van der Waals surface area contributed by atoms with Crippen LogP contribution in [0.4, 0.5) is 11.5 Å². The molecule has 1 amide bonds. The lowest BCUT2D eigenvalue weighted by Gasteiger charge is -2.36. The van der Waals surface area contributed by atoms with E-state index in [0.29, 0.717) is 5.82 Å². The lowest BCUT2D eigenvalue weighted by molar-refractivity contribution is 0.0958. The summed E-state index contributed by atoms with van der Waals surface area (Å²) in [5.74, 6) is 0.233. The second-order valence-corrected chi connectivity index (χ2v) is 6.11. The Kier molecular flexibility index (Phi) is 7.72. The van der Waals surface area contributed by atoms with E-state index in [1.165, 1.54) is 0 Å². The summed E-state index contributed by atoms with van der Waals surface area (Å²) in [7, 11) is 1.54. The number of amides is 1. The first-order chi connectivity index (χ1) is 13.6. The first-order valence-electron chi connectivity index (χ1n) is 9.41. The lowest BCUT2D eigenvalue weighted by Crippen LogP contribution is -2.46. The van der Waals surface area contributed by atoms with Crippen LogP contribution in [0.1, 0.15) is 35.6 Å². The van der Waals surface area contributed by atoms with Crippen LogP contribution in [0.5, 0.6) is 0 Å². The third-order valence-corrected chi connectivity index (χ3v) is 4.40. The average Bonchev–Trinajstić information content (AvgIpc) is 2.75. The summed E-state index contributed by atoms with van der Waals surface area (Å²) < 4.78 is 0. The van der Waals surface area contributed by atoms with Crippen molar-refractivity contribution in [1.82, 2.24) is 20.2 Å². The molecule has 0 aromatic carbocycles. The number of nitrogens with two attached hydrogens (primary N) is 1. The lowest BCUT2D eigenvalue weighted by atomic mass is 10.2. The molecule has 28 heavy (non-hydrogen) atoms. The van der Waals surface area contributed by atoms with Gasteiger partial charge >= 0.3 is 0 Å². The van der Waals surface area contributed by atoms with Crippen molar-refractivity contribution in [3.05, 3.63) is 47.4 Å². The van der Waals surface area contributed by atoms with Gasteiger partial charge in [0.05, 0.1) is 5.69 Å². The van der Waals surface area contributed by atoms with E-state index < -0.39 is 0 Å². The minimum atomic E-state index is -0.297. The molecular formula is C20H27N7O. The van der Waals surface area contributed by atoms with Crippen molar-refractivity contribution in [1.29, 1.82) is 5.26 Å². The van der Waals surface area contributed by atoms with Gasteiger partial charge in [0.1, 0.15) is 17.6 Å². The summed E-state index contributed by atoms with van der Waals surface area (Å²) in [6.07, 6.45) is 1.72. The van der Waals surface area contributed by atoms with Crippen LogP contribution in [0.2, 0.25) is 0 Å². The van der Waals surface area contributed by atoms with Gasteiger partial charge in [0.25, 0.3) is 5.91 Å². The van der Waals surface area contributed by atoms with Crippen LogP contribution in [-0.2, 0) is 6.54 Å². The van der Waals surface area contributed by atoms with Crippen molar-refractivity contribution in [2.24, 2.45) is 0 Å². The van der Waals surface area contributed by atoms with E-state index in [2.05, 4.69) is 31.2 Å². The Morgan fingerprint density at radius 2 is 1.96 bits per heavy atom. The van der Waals surface area contributed by atoms with Crippen LogP contribution in [-0.4, -0.2) is 54.0 Å². The smallest absolute Gasteiger partial charge is 0.269 e. The summed E-state index contributed by atoms with van der Waals surface area (Å²) in [5.41, 5.74) is 8.17. The van der Waals surface area contributed by atoms with Gasteiger partial charge in [-0.3, -0.25) is 9.69 Å². The van der Waals surface area contributed by atoms with E-state index in [9.17, 15) is 10.1 Å². The standard InChI is InChI=1S/C18H21N7O.C2H6/c1-21-18(26)14-2-3-16(15(11-19)23-14)25-8-6-24(7-9-25)12-13-4-5-22-17(20)10-13;1-2/h2-5,10H,6-9,12H2,1H3,(H2,20,22)(H,21,26);1-2H3. The molecule has 8 nitrogen and oxygen atoms in total. The number of carbonyl (C=O) groups excluding carboxylic acids is 1. The number of rotatable bonds is 4. The zero-order chi connectivity index (χ0) is 20.5. The van der Waals surface area contributed by atoms with Gasteiger partial charge in [-0.05, 0) is 29.8 Å². The normalized spacial score (nSPS) is 13.9. The number of carbonyl (C=O) groups is 1. The molecule has 1 saturated heterocycles. The van der Waals surface area contributed by atoms with E-state index in [0.717, 1.165) is 44.0 Å². The topological polar surface area (TPSA) is 111 Å². The quantitative estimate of drug-likeness (QED) is 0.828. The number of nitrogens with one attached hydrogen (secondary N) is 1. The molecule has 1 fully saturated rings. The monoisotopic (exact) mass is 381 g/mol. The highest BCUT2D eigenvalue weighted by atomic mass is 16.1. The van der Waals surface area contributed by atoms with Gasteiger partial charge < -0.3 is 16.0 Å². The van der Waals surface area contributed by atoms with Gasteiger partial charge in [-0.15, -0.1) is 0 Å². The van der Waals surface area contributed by atoms with E-state index in [-0.39, 0.29) is 17.3 Å². The van der Waals surface area contributed by atoms with Crippen molar-refractivity contribution in [2.75, 3.05) is 43.9 Å². The number of aromatic nitrogens is 2. The molecule has 0 spiro atoms. The van der Waals surface area contributed by atoms with E-state index in [1.54, 1.807) is 25.4 Å². The van der Waals surface area contributed by atoms with Gasteiger partial charge in [0, 0.05) is 46.0 Å². The predicted molar refractivity (Wildman–Crippen MR) is 110 cm³/mol. The number of hydrogen-bond donors (Lipinski definition) is 2. The molecule has 0 saturated carbocycles. The van der Waals surface area contributed by atoms with Gasteiger partial charge in [-0.2, -0.15) is 5.26 Å². The third-order valence-electron chi connectivity index (χ3n) is 4.40. The minimum absolute atomic E-state index is 0.252. The summed E-state index contributed by atoms with van der Waals surface area (Å²) in [6.45, 7) is 8.13. The molecular weight excluding hydrogens is 354 g/mol. The maximum atomic E-state index is 11.7. The molecule has 3 heterocycles. The molecule has 0 radical (unpaired) electrons. The highest BCUT2D eigenvalue weighted by molar-refractivity contribution is 5.92. The van der Waals surface area contributed by atoms with Crippen LogP contribution in [0.3, 0.4) is 0 Å². The number of piperazine rings is 1. The fourth-order valence-corrected chi connectivity index (χ4v) is 3.04. The Morgan fingerprint density at radius 1 is 1.25 bits per heavy atom. The number of nitrogens with zero attached hydrogens (tertiary/aromatic N) is 5. The maximum Gasteiger partial charge on any atom is 0.269 e. The van der Waals surface area contributed by atoms with Crippen LogP contribution in [0, 0.1) is 11.3 Å². The predicted octanol–water partition coefficient (Wildman–Crippen LogP) is 1.64. The van der Waals surface area contributed by atoms with Crippen LogP contribution in [0.15, 0.2) is 30.5 Å². The van der Waals surface area contributed by atoms with Gasteiger partial charge in [-0.1, -0.05) is 13.8 Å². The van der Waals surface area contributed by atoms with Gasteiger partial charge in [0.2, 0.25) is 0 Å². The van der Waals surface area contributed by atoms with Crippen LogP contribution < -0.4 is 16.0 Å². The molecule has 0 aliphatic carbocycles. The molecule has 2 aromatic rings. The Bertz CT molecular complexity index is 839. The average molecular weight is 381 g/mol. The Morgan fingerprint density at radius 3 is 2.57 bits per heavy atom. The SMILES string of the molecule is CC.CNC(=O)c1ccc(N2CCN(Cc3ccnc(N)c3)CC2)c(C#N)n1. The molecule has 1 aliphatic heterocycles. The second kappa shape index (κ2) is 10.2. The number of anilines is 2. The highest BCUT2D eigenvalue weighted by Crippen LogP contribution is 2.21. The third kappa shape index (κ3) is 5.18. The number of nitrogen functional groups attached to an aromatic ring is 1. The molecule has 1 aliphatic rings. The Balaban J connectivity index is 0.00000136. The number of pyridine rings is 2. The summed E-state index contributed by atoms with van der Waals surface area (Å²) in [5, 5.41) is 11.9. The maximum absolute atomic E-state index is 11.7. The summed E-state index contributed by atoms with van der Waals surface area (Å²) in [4.78, 5) is 24.4. The largest absolute Gasteiger partial charge is 0.384 e. The van der Waals surface area contributed by atoms with Crippen molar-refractivity contribution < 1.29 is 4.79 Å². The molecule has 2 aromatic heterocycles. The van der Waals surface area contributed by atoms with Crippen LogP contribution in [0.25, 0.3) is 0 Å². The second-order valence-electron chi connectivity index (χ2n) is 6.11. The Labute approximate surface area is 166 Å². The van der Waals surface area contributed by atoms with E-state index in [1.807, 2.05) is 26.0 Å². The minimum Gasteiger partial charge on any atom is -0.384 e. The zero-order valence-corrected chi connectivity index (χ0v) is 16.6. The molecule has 3 rings (SSSR count). The van der Waals surface area contributed by atoms with Crippen molar-refractivity contribution in [3.63, 3.8) is 0 Å². The molecule has 0 bridgehead atoms. The van der Waals surface area contributed by atoms with Crippen molar-refractivity contribution >= 4 is 17.4 Å². The number of nitriles is 1. The zero-order valence-electron chi connectivity index (χ0n) is 16.6. The van der Waals surface area contributed by atoms with Gasteiger partial charge in [0.15, 0.2) is 5.69 Å². The Hall–Kier alpha value is -3.18. The fourth-order valence-electron chi connectivity index (χ4n) is 3.04. The molecule has 3 N–H and O–H groups in total. The first-order valence-corrected chi connectivity index (χ1v) is 9.41. The van der Waals surface area contributed by atoms with Crippen molar-refractivity contribution in [2.45, 2.75) is 20.4 Å². The fraction of sp³-hybridized carbons (Fsp3) is 0.400. The van der Waals surface area contributed by atoms with E-state index >= 15 is 0 Å². The van der Waals surface area contributed by atoms with Crippen LogP contribution >= 0.6 is 0 Å². The summed E-state index contributed by atoms with van der Waals surface area (Å²) >= 11 is 0. The van der Waals surface area contributed by atoms with Crippen molar-refractivity contribution in [3.8, 4) is 6.07 Å². The number of hydrogen-bond acceptors (Lipinski definition) is 7. The molecule has 148 valence electrons. The molecule has 0 atom stereocenters. The molecule has 0 unspecified atom stereocenters. The molecule has 8 heteroatoms. The van der Waals surface area contributed by atoms with Gasteiger partial charge in [-0.25, -0.2) is 9.97 Å². The highest BCUT2D eigenvalue weighted by Gasteiger charge is 2.21. The summed E-state index contributed by atoms with van der Waals surface area (Å²) in [6, 6.07) is 9.42.